The minimum Gasteiger partial charge on any atom is -0.493 e. The van der Waals surface area contributed by atoms with Crippen molar-refractivity contribution in [1.82, 2.24) is 9.55 Å². The van der Waals surface area contributed by atoms with Gasteiger partial charge in [0.2, 0.25) is 5.91 Å². The highest BCUT2D eigenvalue weighted by molar-refractivity contribution is 7.99. The number of amides is 1. The lowest BCUT2D eigenvalue weighted by Crippen LogP contribution is -2.23. The van der Waals surface area contributed by atoms with Gasteiger partial charge in [0.15, 0.2) is 16.7 Å². The third kappa shape index (κ3) is 5.39. The first kappa shape index (κ1) is 25.3. The summed E-state index contributed by atoms with van der Waals surface area (Å²) < 4.78 is 12.3. The van der Waals surface area contributed by atoms with E-state index >= 15 is 0 Å². The highest BCUT2D eigenvalue weighted by atomic mass is 32.2. The van der Waals surface area contributed by atoms with E-state index in [9.17, 15) is 9.59 Å². The fourth-order valence-electron chi connectivity index (χ4n) is 3.78. The predicted molar refractivity (Wildman–Crippen MR) is 145 cm³/mol. The van der Waals surface area contributed by atoms with E-state index in [0.29, 0.717) is 33.2 Å². The van der Waals surface area contributed by atoms with Gasteiger partial charge < -0.3 is 14.8 Å². The van der Waals surface area contributed by atoms with Crippen LogP contribution in [0.1, 0.15) is 26.3 Å². The third-order valence-electron chi connectivity index (χ3n) is 5.74. The van der Waals surface area contributed by atoms with Gasteiger partial charge in [-0.25, -0.2) is 4.98 Å². The van der Waals surface area contributed by atoms with E-state index < -0.39 is 0 Å². The fourth-order valence-corrected chi connectivity index (χ4v) is 4.59. The molecule has 1 aromatic heterocycles. The van der Waals surface area contributed by atoms with Crippen LogP contribution in [0.5, 0.6) is 11.5 Å². The van der Waals surface area contributed by atoms with Gasteiger partial charge in [0.1, 0.15) is 0 Å². The molecule has 3 aromatic carbocycles. The van der Waals surface area contributed by atoms with Crippen molar-refractivity contribution in [2.75, 3.05) is 25.3 Å². The molecule has 36 heavy (non-hydrogen) atoms. The highest BCUT2D eigenvalue weighted by Gasteiger charge is 2.17. The molecule has 0 radical (unpaired) electrons. The van der Waals surface area contributed by atoms with Gasteiger partial charge in [0, 0.05) is 11.8 Å². The molecule has 0 atom stereocenters. The summed E-state index contributed by atoms with van der Waals surface area (Å²) in [7, 11) is 3.09. The standard InChI is InChI=1S/C28H29N3O4S/c1-28(2,3)18-10-12-19(13-11-18)29-25(32)17-36-27-30-22-9-7-6-8-21(22)26(33)31(27)20-14-15-23(34-4)24(16-20)35-5/h6-16H,17H2,1-5H3,(H,29,32). The molecule has 0 saturated carbocycles. The first-order valence-corrected chi connectivity index (χ1v) is 12.5. The average molecular weight is 504 g/mol. The van der Waals surface area contributed by atoms with E-state index in [1.807, 2.05) is 30.3 Å². The zero-order valence-corrected chi connectivity index (χ0v) is 21.8. The summed E-state index contributed by atoms with van der Waals surface area (Å²) in [5.74, 6) is 0.931. The Kier molecular flexibility index (Phi) is 7.35. The molecular formula is C28H29N3O4S. The van der Waals surface area contributed by atoms with Gasteiger partial charge in [0.05, 0.1) is 36.6 Å². The third-order valence-corrected chi connectivity index (χ3v) is 6.68. The van der Waals surface area contributed by atoms with Crippen LogP contribution < -0.4 is 20.3 Å². The van der Waals surface area contributed by atoms with Crippen molar-refractivity contribution in [3.8, 4) is 17.2 Å². The number of nitrogens with zero attached hydrogens (tertiary/aromatic N) is 2. The lowest BCUT2D eigenvalue weighted by molar-refractivity contribution is -0.113. The molecule has 0 unspecified atom stereocenters. The Morgan fingerprint density at radius 2 is 1.67 bits per heavy atom. The Morgan fingerprint density at radius 1 is 0.972 bits per heavy atom. The van der Waals surface area contributed by atoms with Crippen molar-refractivity contribution >= 4 is 34.3 Å². The smallest absolute Gasteiger partial charge is 0.266 e. The van der Waals surface area contributed by atoms with Crippen LogP contribution in [0.3, 0.4) is 0 Å². The maximum Gasteiger partial charge on any atom is 0.266 e. The number of anilines is 1. The Bertz CT molecular complexity index is 1460. The summed E-state index contributed by atoms with van der Waals surface area (Å²) in [5.41, 5.74) is 2.85. The molecule has 0 spiro atoms. The van der Waals surface area contributed by atoms with Crippen molar-refractivity contribution in [3.05, 3.63) is 82.6 Å². The summed E-state index contributed by atoms with van der Waals surface area (Å²) in [6.07, 6.45) is 0. The molecule has 186 valence electrons. The Hall–Kier alpha value is -3.78. The first-order valence-electron chi connectivity index (χ1n) is 11.5. The molecule has 0 fully saturated rings. The number of rotatable bonds is 7. The number of carbonyl (C=O) groups is 1. The minimum atomic E-state index is -0.228. The van der Waals surface area contributed by atoms with Gasteiger partial charge in [-0.05, 0) is 47.4 Å². The number of benzene rings is 3. The zero-order chi connectivity index (χ0) is 25.9. The Labute approximate surface area is 214 Å². The van der Waals surface area contributed by atoms with Gasteiger partial charge in [-0.15, -0.1) is 0 Å². The zero-order valence-electron chi connectivity index (χ0n) is 21.0. The number of carbonyl (C=O) groups excluding carboxylic acids is 1. The number of aromatic nitrogens is 2. The van der Waals surface area contributed by atoms with Gasteiger partial charge in [-0.2, -0.15) is 0 Å². The van der Waals surface area contributed by atoms with E-state index in [1.165, 1.54) is 29.0 Å². The maximum atomic E-state index is 13.5. The lowest BCUT2D eigenvalue weighted by Gasteiger charge is -2.19. The average Bonchev–Trinajstić information content (AvgIpc) is 2.87. The van der Waals surface area contributed by atoms with Gasteiger partial charge in [0.25, 0.3) is 5.56 Å². The second-order valence-corrected chi connectivity index (χ2v) is 10.2. The molecule has 8 heteroatoms. The summed E-state index contributed by atoms with van der Waals surface area (Å²) in [4.78, 5) is 31.0. The topological polar surface area (TPSA) is 82.5 Å². The number of methoxy groups -OCH3 is 2. The molecule has 0 bridgehead atoms. The molecule has 7 nitrogen and oxygen atoms in total. The number of nitrogens with one attached hydrogen (secondary N) is 1. The largest absolute Gasteiger partial charge is 0.493 e. The minimum absolute atomic E-state index is 0.0357. The number of fused-ring (bicyclic) bond motifs is 1. The normalized spacial score (nSPS) is 11.4. The molecule has 0 aliphatic rings. The van der Waals surface area contributed by atoms with Crippen molar-refractivity contribution in [1.29, 1.82) is 0 Å². The van der Waals surface area contributed by atoms with Crippen LogP contribution in [0.25, 0.3) is 16.6 Å². The Morgan fingerprint density at radius 3 is 2.33 bits per heavy atom. The van der Waals surface area contributed by atoms with Crippen molar-refractivity contribution in [2.24, 2.45) is 0 Å². The van der Waals surface area contributed by atoms with Gasteiger partial charge in [-0.3, -0.25) is 14.2 Å². The van der Waals surface area contributed by atoms with E-state index in [2.05, 4.69) is 26.1 Å². The SMILES string of the molecule is COc1ccc(-n2c(SCC(=O)Nc3ccc(C(C)(C)C)cc3)nc3ccccc3c2=O)cc1OC. The van der Waals surface area contributed by atoms with Crippen LogP contribution in [0.4, 0.5) is 5.69 Å². The maximum absolute atomic E-state index is 13.5. The second-order valence-electron chi connectivity index (χ2n) is 9.26. The van der Waals surface area contributed by atoms with Crippen molar-refractivity contribution in [2.45, 2.75) is 31.3 Å². The Balaban J connectivity index is 1.64. The number of hydrogen-bond donors (Lipinski definition) is 1. The van der Waals surface area contributed by atoms with Gasteiger partial charge >= 0.3 is 0 Å². The molecule has 4 rings (SSSR count). The number of hydrogen-bond acceptors (Lipinski definition) is 6. The number of ether oxygens (including phenoxy) is 2. The van der Waals surface area contributed by atoms with Crippen LogP contribution in [0.2, 0.25) is 0 Å². The van der Waals surface area contributed by atoms with Crippen LogP contribution >= 0.6 is 11.8 Å². The second kappa shape index (κ2) is 10.5. The molecule has 1 heterocycles. The lowest BCUT2D eigenvalue weighted by atomic mass is 9.87. The highest BCUT2D eigenvalue weighted by Crippen LogP contribution is 2.31. The summed E-state index contributed by atoms with van der Waals surface area (Å²) in [6.45, 7) is 6.43. The van der Waals surface area contributed by atoms with E-state index in [4.69, 9.17) is 14.5 Å². The molecule has 1 amide bonds. The van der Waals surface area contributed by atoms with Gasteiger partial charge in [-0.1, -0.05) is 56.8 Å². The summed E-state index contributed by atoms with van der Waals surface area (Å²) >= 11 is 1.20. The quantitative estimate of drug-likeness (QED) is 0.267. The van der Waals surface area contributed by atoms with Crippen LogP contribution in [-0.2, 0) is 10.2 Å². The predicted octanol–water partition coefficient (Wildman–Crippen LogP) is 5.43. The number of thioether (sulfide) groups is 1. The molecule has 4 aromatic rings. The molecule has 0 saturated heterocycles. The van der Waals surface area contributed by atoms with E-state index in [-0.39, 0.29) is 22.6 Å². The first-order chi connectivity index (χ1) is 17.2. The van der Waals surface area contributed by atoms with E-state index in [1.54, 1.807) is 43.5 Å². The monoisotopic (exact) mass is 503 g/mol. The van der Waals surface area contributed by atoms with Crippen molar-refractivity contribution in [3.63, 3.8) is 0 Å². The van der Waals surface area contributed by atoms with Crippen LogP contribution in [0.15, 0.2) is 76.7 Å². The summed E-state index contributed by atoms with van der Waals surface area (Å²) in [5, 5.41) is 3.82. The molecule has 0 aliphatic heterocycles. The van der Waals surface area contributed by atoms with Crippen LogP contribution in [-0.4, -0.2) is 35.4 Å². The molecule has 0 aliphatic carbocycles. The molecular weight excluding hydrogens is 474 g/mol. The summed E-state index contributed by atoms with van der Waals surface area (Å²) in [6, 6.07) is 20.2. The molecule has 1 N–H and O–H groups in total. The van der Waals surface area contributed by atoms with E-state index in [0.717, 1.165) is 5.69 Å². The van der Waals surface area contributed by atoms with Crippen LogP contribution in [0, 0.1) is 0 Å². The fraction of sp³-hybridized carbons (Fsp3) is 0.250. The number of para-hydroxylation sites is 1. The van der Waals surface area contributed by atoms with Crippen molar-refractivity contribution < 1.29 is 14.3 Å².